The molecule has 19 heavy (non-hydrogen) atoms. The number of hydrogen-bond acceptors (Lipinski definition) is 2. The summed E-state index contributed by atoms with van der Waals surface area (Å²) in [7, 11) is 0. The van der Waals surface area contributed by atoms with Crippen LogP contribution in [-0.2, 0) is 4.79 Å². The summed E-state index contributed by atoms with van der Waals surface area (Å²) in [6.45, 7) is 10.2. The van der Waals surface area contributed by atoms with Crippen molar-refractivity contribution in [3.8, 4) is 0 Å². The molecule has 2 atom stereocenters. The van der Waals surface area contributed by atoms with E-state index in [0.717, 1.165) is 24.9 Å². The predicted molar refractivity (Wildman–Crippen MR) is 81.1 cm³/mol. The van der Waals surface area contributed by atoms with Crippen molar-refractivity contribution in [2.45, 2.75) is 65.8 Å². The molecule has 0 saturated heterocycles. The van der Waals surface area contributed by atoms with Crippen LogP contribution in [0.5, 0.6) is 0 Å². The highest BCUT2D eigenvalue weighted by atomic mass is 16.1. The number of hydrogen-bond donors (Lipinski definition) is 2. The van der Waals surface area contributed by atoms with Gasteiger partial charge in [0.05, 0.1) is 0 Å². The van der Waals surface area contributed by atoms with Gasteiger partial charge < -0.3 is 10.6 Å². The van der Waals surface area contributed by atoms with Crippen LogP contribution in [0, 0.1) is 17.8 Å². The smallest absolute Gasteiger partial charge is 0.222 e. The van der Waals surface area contributed by atoms with Crippen LogP contribution in [-0.4, -0.2) is 25.0 Å². The van der Waals surface area contributed by atoms with E-state index in [1.807, 2.05) is 13.8 Å². The third-order valence-corrected chi connectivity index (χ3v) is 4.34. The molecule has 1 aliphatic carbocycles. The van der Waals surface area contributed by atoms with E-state index in [-0.39, 0.29) is 11.8 Å². The van der Waals surface area contributed by atoms with E-state index in [4.69, 9.17) is 0 Å². The summed E-state index contributed by atoms with van der Waals surface area (Å²) in [5, 5.41) is 6.56. The number of rotatable bonds is 6. The molecule has 0 aliphatic heterocycles. The lowest BCUT2D eigenvalue weighted by Crippen LogP contribution is -2.38. The van der Waals surface area contributed by atoms with Crippen molar-refractivity contribution in [2.24, 2.45) is 17.8 Å². The first-order valence-electron chi connectivity index (χ1n) is 8.01. The fourth-order valence-corrected chi connectivity index (χ4v) is 2.87. The lowest BCUT2D eigenvalue weighted by molar-refractivity contribution is -0.123. The summed E-state index contributed by atoms with van der Waals surface area (Å²) in [5.74, 6) is 1.98. The Balaban J connectivity index is 2.15. The quantitative estimate of drug-likeness (QED) is 0.574. The van der Waals surface area contributed by atoms with Gasteiger partial charge in [-0.25, -0.2) is 0 Å². The van der Waals surface area contributed by atoms with Gasteiger partial charge in [0, 0.05) is 25.0 Å². The van der Waals surface area contributed by atoms with Gasteiger partial charge in [0.1, 0.15) is 0 Å². The largest absolute Gasteiger partial charge is 0.355 e. The van der Waals surface area contributed by atoms with Crippen LogP contribution in [0.1, 0.15) is 59.8 Å². The van der Waals surface area contributed by atoms with Gasteiger partial charge in [-0.1, -0.05) is 40.5 Å². The van der Waals surface area contributed by atoms with E-state index in [0.29, 0.717) is 6.04 Å². The minimum absolute atomic E-state index is 0.0877. The second-order valence-electron chi connectivity index (χ2n) is 6.61. The Morgan fingerprint density at radius 2 is 1.79 bits per heavy atom. The molecule has 0 bridgehead atoms. The van der Waals surface area contributed by atoms with Crippen molar-refractivity contribution in [3.05, 3.63) is 0 Å². The summed E-state index contributed by atoms with van der Waals surface area (Å²) in [6, 6.07) is 0.653. The van der Waals surface area contributed by atoms with Gasteiger partial charge in [0.2, 0.25) is 5.91 Å². The van der Waals surface area contributed by atoms with Crippen molar-refractivity contribution < 1.29 is 4.79 Å². The zero-order chi connectivity index (χ0) is 14.3. The first-order valence-corrected chi connectivity index (χ1v) is 8.01. The highest BCUT2D eigenvalue weighted by Crippen LogP contribution is 2.28. The standard InChI is InChI=1S/C16H32N2O/c1-12(2)14-6-5-7-15(9-8-14)17-10-11-18-16(19)13(3)4/h12-15,17H,5-11H2,1-4H3,(H,18,19). The SMILES string of the molecule is CC(C)C(=O)NCCNC1CCCC(C(C)C)CC1. The topological polar surface area (TPSA) is 41.1 Å². The van der Waals surface area contributed by atoms with Crippen LogP contribution < -0.4 is 10.6 Å². The zero-order valence-corrected chi connectivity index (χ0v) is 13.2. The maximum atomic E-state index is 11.4. The van der Waals surface area contributed by atoms with Crippen molar-refractivity contribution in [3.63, 3.8) is 0 Å². The summed E-state index contributed by atoms with van der Waals surface area (Å²) >= 11 is 0. The number of nitrogens with one attached hydrogen (secondary N) is 2. The van der Waals surface area contributed by atoms with E-state index < -0.39 is 0 Å². The van der Waals surface area contributed by atoms with Crippen LogP contribution in [0.3, 0.4) is 0 Å². The highest BCUT2D eigenvalue weighted by Gasteiger charge is 2.20. The second-order valence-corrected chi connectivity index (χ2v) is 6.61. The third kappa shape index (κ3) is 6.42. The Hall–Kier alpha value is -0.570. The summed E-state index contributed by atoms with van der Waals surface area (Å²) in [6.07, 6.45) is 6.68. The molecule has 112 valence electrons. The van der Waals surface area contributed by atoms with Crippen molar-refractivity contribution >= 4 is 5.91 Å². The lowest BCUT2D eigenvalue weighted by Gasteiger charge is -2.19. The van der Waals surface area contributed by atoms with Crippen LogP contribution >= 0.6 is 0 Å². The van der Waals surface area contributed by atoms with E-state index in [2.05, 4.69) is 24.5 Å². The van der Waals surface area contributed by atoms with E-state index in [1.54, 1.807) is 0 Å². The molecular weight excluding hydrogens is 236 g/mol. The minimum Gasteiger partial charge on any atom is -0.355 e. The average Bonchev–Trinajstić information content (AvgIpc) is 2.59. The molecule has 3 nitrogen and oxygen atoms in total. The Morgan fingerprint density at radius 1 is 1.05 bits per heavy atom. The van der Waals surface area contributed by atoms with Gasteiger partial charge >= 0.3 is 0 Å². The van der Waals surface area contributed by atoms with Gasteiger partial charge in [-0.15, -0.1) is 0 Å². The molecule has 2 N–H and O–H groups in total. The molecule has 0 aromatic rings. The molecule has 0 aromatic carbocycles. The number of carbonyl (C=O) groups is 1. The zero-order valence-electron chi connectivity index (χ0n) is 13.2. The molecule has 1 fully saturated rings. The minimum atomic E-state index is 0.0877. The maximum absolute atomic E-state index is 11.4. The highest BCUT2D eigenvalue weighted by molar-refractivity contribution is 5.77. The van der Waals surface area contributed by atoms with Gasteiger partial charge in [-0.05, 0) is 31.1 Å². The Bertz CT molecular complexity index is 263. The van der Waals surface area contributed by atoms with Gasteiger partial charge in [-0.3, -0.25) is 4.79 Å². The van der Waals surface area contributed by atoms with Crippen LogP contribution in [0.4, 0.5) is 0 Å². The molecule has 3 heteroatoms. The maximum Gasteiger partial charge on any atom is 0.222 e. The molecule has 1 rings (SSSR count). The molecule has 1 saturated carbocycles. The molecule has 0 spiro atoms. The van der Waals surface area contributed by atoms with Gasteiger partial charge in [0.15, 0.2) is 0 Å². The monoisotopic (exact) mass is 268 g/mol. The first-order chi connectivity index (χ1) is 9.00. The molecule has 2 unspecified atom stereocenters. The average molecular weight is 268 g/mol. The number of amides is 1. The van der Waals surface area contributed by atoms with Crippen molar-refractivity contribution in [1.29, 1.82) is 0 Å². The molecule has 0 radical (unpaired) electrons. The van der Waals surface area contributed by atoms with Gasteiger partial charge in [-0.2, -0.15) is 0 Å². The Morgan fingerprint density at radius 3 is 2.42 bits per heavy atom. The van der Waals surface area contributed by atoms with Crippen molar-refractivity contribution in [1.82, 2.24) is 10.6 Å². The fourth-order valence-electron chi connectivity index (χ4n) is 2.87. The first kappa shape index (κ1) is 16.5. The Labute approximate surface area is 118 Å². The lowest BCUT2D eigenvalue weighted by atomic mass is 9.89. The molecule has 1 amide bonds. The Kier molecular flexibility index (Phi) is 7.44. The van der Waals surface area contributed by atoms with E-state index >= 15 is 0 Å². The predicted octanol–water partition coefficient (Wildman–Crippen LogP) is 2.95. The summed E-state index contributed by atoms with van der Waals surface area (Å²) < 4.78 is 0. The van der Waals surface area contributed by atoms with E-state index in [1.165, 1.54) is 32.1 Å². The summed E-state index contributed by atoms with van der Waals surface area (Å²) in [5.41, 5.74) is 0. The van der Waals surface area contributed by atoms with Crippen LogP contribution in [0.2, 0.25) is 0 Å². The fraction of sp³-hybridized carbons (Fsp3) is 0.938. The molecule has 1 aliphatic rings. The van der Waals surface area contributed by atoms with Gasteiger partial charge in [0.25, 0.3) is 0 Å². The molecular formula is C16H32N2O. The normalized spacial score (nSPS) is 24.5. The molecule has 0 heterocycles. The van der Waals surface area contributed by atoms with Crippen LogP contribution in [0.25, 0.3) is 0 Å². The second kappa shape index (κ2) is 8.57. The van der Waals surface area contributed by atoms with Crippen molar-refractivity contribution in [2.75, 3.05) is 13.1 Å². The third-order valence-electron chi connectivity index (χ3n) is 4.34. The van der Waals surface area contributed by atoms with E-state index in [9.17, 15) is 4.79 Å². The summed E-state index contributed by atoms with van der Waals surface area (Å²) in [4.78, 5) is 11.4. The van der Waals surface area contributed by atoms with Crippen LogP contribution in [0.15, 0.2) is 0 Å². The molecule has 0 aromatic heterocycles. The number of carbonyl (C=O) groups excluding carboxylic acids is 1.